The summed E-state index contributed by atoms with van der Waals surface area (Å²) < 4.78 is 32.6. The minimum absolute atomic E-state index is 0.0123. The van der Waals surface area contributed by atoms with Gasteiger partial charge in [0.2, 0.25) is 0 Å². The van der Waals surface area contributed by atoms with Crippen molar-refractivity contribution in [3.8, 4) is 11.5 Å². The molecule has 4 aromatic rings. The number of hydrogen-bond acceptors (Lipinski definition) is 8. The van der Waals surface area contributed by atoms with E-state index in [1.165, 1.54) is 31.6 Å². The van der Waals surface area contributed by atoms with Gasteiger partial charge < -0.3 is 20.2 Å². The van der Waals surface area contributed by atoms with Crippen LogP contribution in [0, 0.1) is 10.1 Å². The van der Waals surface area contributed by atoms with Crippen molar-refractivity contribution in [1.82, 2.24) is 13.9 Å². The van der Waals surface area contributed by atoms with Gasteiger partial charge in [0, 0.05) is 18.6 Å². The number of aromatic nitrogens is 3. The van der Waals surface area contributed by atoms with Crippen molar-refractivity contribution < 1.29 is 18.1 Å². The molecule has 0 bridgehead atoms. The molecule has 0 aliphatic heterocycles. The third kappa shape index (κ3) is 3.64. The number of anilines is 1. The number of fused-ring (bicyclic) bond motifs is 1. The average Bonchev–Trinajstić information content (AvgIpc) is 3.19. The predicted octanol–water partition coefficient (Wildman–Crippen LogP) is 4.06. The maximum Gasteiger partial charge on any atom is 0.388 e. The van der Waals surface area contributed by atoms with Crippen LogP contribution in [0.15, 0.2) is 66.0 Å². The molecule has 3 heterocycles. The zero-order valence-electron chi connectivity index (χ0n) is 15.9. The van der Waals surface area contributed by atoms with Crippen LogP contribution in [-0.2, 0) is 10.0 Å². The van der Waals surface area contributed by atoms with Crippen molar-refractivity contribution in [1.29, 1.82) is 0 Å². The van der Waals surface area contributed by atoms with E-state index in [1.807, 2.05) is 0 Å². The summed E-state index contributed by atoms with van der Waals surface area (Å²) in [5.74, 6) is -0.104. The molecular formula is C19H14ClN5O5S. The first kappa shape index (κ1) is 20.6. The normalized spacial score (nSPS) is 11.4. The number of nitrogens with one attached hydrogen (secondary N) is 1. The molecule has 0 spiro atoms. The van der Waals surface area contributed by atoms with Gasteiger partial charge >= 0.3 is 5.82 Å². The van der Waals surface area contributed by atoms with Crippen LogP contribution >= 0.6 is 11.6 Å². The number of halogens is 1. The fourth-order valence-electron chi connectivity index (χ4n) is 2.96. The molecule has 4 rings (SSSR count). The van der Waals surface area contributed by atoms with Crippen molar-refractivity contribution in [3.05, 3.63) is 76.2 Å². The van der Waals surface area contributed by atoms with E-state index in [9.17, 15) is 18.5 Å². The van der Waals surface area contributed by atoms with Crippen LogP contribution in [0.3, 0.4) is 0 Å². The maximum atomic E-state index is 12.9. The van der Waals surface area contributed by atoms with Crippen LogP contribution in [0.25, 0.3) is 11.0 Å². The first-order chi connectivity index (χ1) is 14.8. The largest absolute Gasteiger partial charge is 0.450 e. The lowest BCUT2D eigenvalue weighted by Crippen LogP contribution is -2.12. The quantitative estimate of drug-likeness (QED) is 0.337. The summed E-state index contributed by atoms with van der Waals surface area (Å²) in [7, 11) is -2.34. The van der Waals surface area contributed by atoms with Gasteiger partial charge in [-0.15, -0.1) is 0 Å². The van der Waals surface area contributed by atoms with E-state index in [4.69, 9.17) is 16.3 Å². The molecule has 0 saturated carbocycles. The van der Waals surface area contributed by atoms with Gasteiger partial charge in [-0.25, -0.2) is 17.4 Å². The maximum absolute atomic E-state index is 12.9. The fourth-order valence-corrected chi connectivity index (χ4v) is 4.55. The molecule has 0 fully saturated rings. The number of ether oxygens (including phenoxy) is 1. The molecular weight excluding hydrogens is 446 g/mol. The smallest absolute Gasteiger partial charge is 0.388 e. The lowest BCUT2D eigenvalue weighted by Gasteiger charge is -2.10. The van der Waals surface area contributed by atoms with E-state index < -0.39 is 20.8 Å². The van der Waals surface area contributed by atoms with Crippen LogP contribution in [0.4, 0.5) is 11.5 Å². The van der Waals surface area contributed by atoms with Crippen molar-refractivity contribution in [2.24, 2.45) is 0 Å². The SMILES string of the molecule is CNc1c([N+](=O)[O-])ncc(Oc2cnc3c(ccn3S(=O)(=O)c3ccccc3)c2)c1Cl. The average molecular weight is 460 g/mol. The van der Waals surface area contributed by atoms with Crippen molar-refractivity contribution in [3.63, 3.8) is 0 Å². The van der Waals surface area contributed by atoms with E-state index >= 15 is 0 Å². The van der Waals surface area contributed by atoms with Crippen LogP contribution in [0.2, 0.25) is 5.02 Å². The van der Waals surface area contributed by atoms with E-state index in [1.54, 1.807) is 30.3 Å². The number of nitro groups is 1. The number of rotatable bonds is 6. The zero-order chi connectivity index (χ0) is 22.2. The van der Waals surface area contributed by atoms with Gasteiger partial charge in [-0.1, -0.05) is 29.8 Å². The Hall–Kier alpha value is -3.70. The summed E-state index contributed by atoms with van der Waals surface area (Å²) >= 11 is 6.22. The number of nitrogens with zero attached hydrogens (tertiary/aromatic N) is 4. The standard InChI is InChI=1S/C19H14ClN5O5S/c1-21-17-16(20)15(11-23-19(17)25(26)27)30-13-9-12-7-8-24(18(12)22-10-13)31(28,29)14-5-3-2-4-6-14/h2-11,21H,1H3. The molecule has 1 aromatic carbocycles. The molecule has 0 radical (unpaired) electrons. The molecule has 12 heteroatoms. The summed E-state index contributed by atoms with van der Waals surface area (Å²) in [5, 5.41) is 14.2. The van der Waals surface area contributed by atoms with Crippen molar-refractivity contribution in [2.45, 2.75) is 4.90 Å². The van der Waals surface area contributed by atoms with Gasteiger partial charge in [0.15, 0.2) is 23.3 Å². The Morgan fingerprint density at radius 2 is 1.90 bits per heavy atom. The van der Waals surface area contributed by atoms with Gasteiger partial charge in [0.25, 0.3) is 10.0 Å². The van der Waals surface area contributed by atoms with E-state index in [-0.39, 0.29) is 32.8 Å². The van der Waals surface area contributed by atoms with Gasteiger partial charge in [-0.05, 0) is 34.2 Å². The van der Waals surface area contributed by atoms with Gasteiger partial charge in [-0.3, -0.25) is 0 Å². The lowest BCUT2D eigenvalue weighted by atomic mass is 10.3. The van der Waals surface area contributed by atoms with Crippen LogP contribution < -0.4 is 10.1 Å². The molecule has 31 heavy (non-hydrogen) atoms. The number of hydrogen-bond donors (Lipinski definition) is 1. The molecule has 0 saturated heterocycles. The van der Waals surface area contributed by atoms with Gasteiger partial charge in [-0.2, -0.15) is 0 Å². The Kier molecular flexibility index (Phi) is 5.21. The van der Waals surface area contributed by atoms with Crippen LogP contribution in [-0.4, -0.2) is 34.3 Å². The third-order valence-corrected chi connectivity index (χ3v) is 6.44. The van der Waals surface area contributed by atoms with E-state index in [0.29, 0.717) is 5.39 Å². The second kappa shape index (κ2) is 7.85. The molecule has 0 aliphatic carbocycles. The van der Waals surface area contributed by atoms with E-state index in [2.05, 4.69) is 15.3 Å². The Morgan fingerprint density at radius 1 is 1.16 bits per heavy atom. The highest BCUT2D eigenvalue weighted by Crippen LogP contribution is 2.39. The summed E-state index contributed by atoms with van der Waals surface area (Å²) in [6.07, 6.45) is 3.87. The summed E-state index contributed by atoms with van der Waals surface area (Å²) in [4.78, 5) is 18.5. The molecule has 0 aliphatic rings. The summed E-state index contributed by atoms with van der Waals surface area (Å²) in [5.41, 5.74) is 0.235. The molecule has 158 valence electrons. The Morgan fingerprint density at radius 3 is 2.58 bits per heavy atom. The summed E-state index contributed by atoms with van der Waals surface area (Å²) in [6, 6.07) is 11.2. The highest BCUT2D eigenvalue weighted by atomic mass is 35.5. The Balaban J connectivity index is 1.70. The molecule has 1 N–H and O–H groups in total. The number of benzene rings is 1. The van der Waals surface area contributed by atoms with Crippen LogP contribution in [0.5, 0.6) is 11.5 Å². The fraction of sp³-hybridized carbons (Fsp3) is 0.0526. The summed E-state index contributed by atoms with van der Waals surface area (Å²) in [6.45, 7) is 0. The second-order valence-corrected chi connectivity index (χ2v) is 8.45. The molecule has 0 unspecified atom stereocenters. The number of pyridine rings is 2. The molecule has 3 aromatic heterocycles. The van der Waals surface area contributed by atoms with Crippen molar-refractivity contribution >= 4 is 44.2 Å². The highest BCUT2D eigenvalue weighted by molar-refractivity contribution is 7.90. The monoisotopic (exact) mass is 459 g/mol. The Bertz CT molecular complexity index is 1410. The lowest BCUT2D eigenvalue weighted by molar-refractivity contribution is -0.388. The minimum Gasteiger partial charge on any atom is -0.450 e. The first-order valence-corrected chi connectivity index (χ1v) is 10.6. The van der Waals surface area contributed by atoms with Crippen molar-refractivity contribution in [2.75, 3.05) is 12.4 Å². The highest BCUT2D eigenvalue weighted by Gasteiger charge is 2.23. The van der Waals surface area contributed by atoms with Crippen LogP contribution in [0.1, 0.15) is 0 Å². The topological polar surface area (TPSA) is 129 Å². The van der Waals surface area contributed by atoms with Gasteiger partial charge in [0.1, 0.15) is 10.8 Å². The third-order valence-electron chi connectivity index (χ3n) is 4.38. The molecule has 0 amide bonds. The second-order valence-electron chi connectivity index (χ2n) is 6.26. The van der Waals surface area contributed by atoms with E-state index in [0.717, 1.165) is 10.2 Å². The predicted molar refractivity (Wildman–Crippen MR) is 114 cm³/mol. The van der Waals surface area contributed by atoms with Gasteiger partial charge in [0.05, 0.1) is 11.1 Å². The minimum atomic E-state index is -3.81. The zero-order valence-corrected chi connectivity index (χ0v) is 17.5. The Labute approximate surface area is 181 Å². The first-order valence-electron chi connectivity index (χ1n) is 8.79. The molecule has 10 nitrogen and oxygen atoms in total. The molecule has 0 atom stereocenters.